The predicted molar refractivity (Wildman–Crippen MR) is 89.4 cm³/mol. The van der Waals surface area contributed by atoms with Crippen molar-refractivity contribution in [2.24, 2.45) is 0 Å². The minimum atomic E-state index is -3.47. The predicted octanol–water partition coefficient (Wildman–Crippen LogP) is 1.73. The second kappa shape index (κ2) is 7.06. The van der Waals surface area contributed by atoms with Crippen LogP contribution in [0.2, 0.25) is 0 Å². The number of fused-ring (bicyclic) bond motifs is 1. The Morgan fingerprint density at radius 2 is 1.83 bits per heavy atom. The van der Waals surface area contributed by atoms with Crippen LogP contribution < -0.4 is 4.72 Å². The van der Waals surface area contributed by atoms with Crippen molar-refractivity contribution < 1.29 is 12.8 Å². The van der Waals surface area contributed by atoms with Crippen molar-refractivity contribution in [2.75, 3.05) is 12.3 Å². The van der Waals surface area contributed by atoms with E-state index in [4.69, 9.17) is 0 Å². The maximum absolute atomic E-state index is 13.5. The maximum Gasteiger partial charge on any atom is 0.213 e. The fourth-order valence-electron chi connectivity index (χ4n) is 2.40. The van der Waals surface area contributed by atoms with Crippen molar-refractivity contribution >= 4 is 21.1 Å². The van der Waals surface area contributed by atoms with Gasteiger partial charge in [-0.05, 0) is 30.2 Å². The van der Waals surface area contributed by atoms with E-state index < -0.39 is 10.0 Å². The molecule has 0 saturated heterocycles. The van der Waals surface area contributed by atoms with Crippen LogP contribution in [0.4, 0.5) is 4.39 Å². The van der Waals surface area contributed by atoms with E-state index in [0.29, 0.717) is 12.0 Å². The van der Waals surface area contributed by atoms with Crippen LogP contribution in [0.3, 0.4) is 0 Å². The third-order valence-electron chi connectivity index (χ3n) is 3.67. The van der Waals surface area contributed by atoms with Gasteiger partial charge in [0.25, 0.3) is 0 Å². The molecule has 3 aromatic rings. The van der Waals surface area contributed by atoms with E-state index in [1.807, 2.05) is 24.3 Å². The Bertz CT molecular complexity index is 940. The maximum atomic E-state index is 13.5. The molecular weight excluding hydrogens is 331 g/mol. The minimum absolute atomic E-state index is 0.113. The molecule has 0 bridgehead atoms. The first-order valence-corrected chi connectivity index (χ1v) is 9.19. The summed E-state index contributed by atoms with van der Waals surface area (Å²) in [6, 6.07) is 13.7. The van der Waals surface area contributed by atoms with Crippen molar-refractivity contribution in [2.45, 2.75) is 13.0 Å². The molecule has 2 aromatic carbocycles. The average molecular weight is 348 g/mol. The summed E-state index contributed by atoms with van der Waals surface area (Å²) in [5.41, 5.74) is 2.00. The number of aryl methyl sites for hydroxylation is 1. The Balaban J connectivity index is 1.55. The van der Waals surface area contributed by atoms with Crippen LogP contribution >= 0.6 is 0 Å². The first-order valence-electron chi connectivity index (χ1n) is 7.54. The van der Waals surface area contributed by atoms with E-state index in [9.17, 15) is 12.8 Å². The molecule has 3 rings (SSSR count). The van der Waals surface area contributed by atoms with Crippen molar-refractivity contribution in [1.82, 2.24) is 19.7 Å². The van der Waals surface area contributed by atoms with E-state index in [0.717, 1.165) is 11.0 Å². The highest BCUT2D eigenvalue weighted by Gasteiger charge is 2.12. The molecule has 24 heavy (non-hydrogen) atoms. The molecule has 0 amide bonds. The quantitative estimate of drug-likeness (QED) is 0.705. The lowest BCUT2D eigenvalue weighted by Crippen LogP contribution is -2.30. The van der Waals surface area contributed by atoms with Crippen molar-refractivity contribution in [1.29, 1.82) is 0 Å². The highest BCUT2D eigenvalue weighted by molar-refractivity contribution is 7.89. The van der Waals surface area contributed by atoms with E-state index >= 15 is 0 Å². The molecule has 0 aliphatic rings. The second-order valence-electron chi connectivity index (χ2n) is 5.36. The summed E-state index contributed by atoms with van der Waals surface area (Å²) in [5.74, 6) is -0.441. The largest absolute Gasteiger partial charge is 0.244 e. The molecule has 1 aromatic heterocycles. The number of hydrogen-bond acceptors (Lipinski definition) is 4. The lowest BCUT2D eigenvalue weighted by Gasteiger charge is -2.07. The molecule has 0 spiro atoms. The lowest BCUT2D eigenvalue weighted by molar-refractivity contribution is 0.564. The average Bonchev–Trinajstić information content (AvgIpc) is 2.98. The van der Waals surface area contributed by atoms with Crippen LogP contribution in [-0.4, -0.2) is 35.7 Å². The summed E-state index contributed by atoms with van der Waals surface area (Å²) in [6.07, 6.45) is 0.304. The zero-order chi connectivity index (χ0) is 17.0. The van der Waals surface area contributed by atoms with Gasteiger partial charge in [-0.15, -0.1) is 5.10 Å². The van der Waals surface area contributed by atoms with Gasteiger partial charge in [0, 0.05) is 6.54 Å². The SMILES string of the molecule is O=S(=O)(CCn1nnc2ccccc21)NCCc1ccccc1F. The summed E-state index contributed by atoms with van der Waals surface area (Å²) >= 11 is 0. The van der Waals surface area contributed by atoms with Gasteiger partial charge in [-0.1, -0.05) is 35.5 Å². The Labute approximate surface area is 139 Å². The summed E-state index contributed by atoms with van der Waals surface area (Å²) < 4.78 is 41.7. The monoisotopic (exact) mass is 348 g/mol. The topological polar surface area (TPSA) is 76.9 Å². The summed E-state index contributed by atoms with van der Waals surface area (Å²) in [5, 5.41) is 7.95. The molecule has 0 atom stereocenters. The van der Waals surface area contributed by atoms with Crippen molar-refractivity contribution in [3.05, 3.63) is 59.9 Å². The van der Waals surface area contributed by atoms with Gasteiger partial charge in [-0.3, -0.25) is 0 Å². The van der Waals surface area contributed by atoms with E-state index in [-0.39, 0.29) is 24.7 Å². The molecule has 8 heteroatoms. The number of benzene rings is 2. The Morgan fingerprint density at radius 3 is 2.67 bits per heavy atom. The second-order valence-corrected chi connectivity index (χ2v) is 7.28. The molecule has 0 saturated carbocycles. The Hall–Kier alpha value is -2.32. The van der Waals surface area contributed by atoms with Crippen LogP contribution in [0.15, 0.2) is 48.5 Å². The van der Waals surface area contributed by atoms with E-state index in [1.165, 1.54) is 6.07 Å². The number of halogens is 1. The molecule has 0 radical (unpaired) electrons. The number of nitrogens with one attached hydrogen (secondary N) is 1. The smallest absolute Gasteiger partial charge is 0.213 e. The zero-order valence-electron chi connectivity index (χ0n) is 12.9. The summed E-state index contributed by atoms with van der Waals surface area (Å²) in [6.45, 7) is 0.358. The summed E-state index contributed by atoms with van der Waals surface area (Å²) in [4.78, 5) is 0. The van der Waals surface area contributed by atoms with Gasteiger partial charge in [0.1, 0.15) is 11.3 Å². The highest BCUT2D eigenvalue weighted by atomic mass is 32.2. The third kappa shape index (κ3) is 3.95. The van der Waals surface area contributed by atoms with Crippen LogP contribution in [0, 0.1) is 5.82 Å². The molecule has 1 heterocycles. The number of aromatic nitrogens is 3. The molecule has 0 fully saturated rings. The van der Waals surface area contributed by atoms with Crippen LogP contribution in [-0.2, 0) is 23.0 Å². The molecular formula is C16H17FN4O2S. The third-order valence-corrected chi connectivity index (χ3v) is 5.03. The van der Waals surface area contributed by atoms with Gasteiger partial charge in [-0.2, -0.15) is 0 Å². The lowest BCUT2D eigenvalue weighted by atomic mass is 10.1. The fourth-order valence-corrected chi connectivity index (χ4v) is 3.37. The van der Waals surface area contributed by atoms with Crippen molar-refractivity contribution in [3.63, 3.8) is 0 Å². The van der Waals surface area contributed by atoms with Crippen molar-refractivity contribution in [3.8, 4) is 0 Å². The Kier molecular flexibility index (Phi) is 4.86. The normalized spacial score (nSPS) is 11.9. The van der Waals surface area contributed by atoms with Gasteiger partial charge >= 0.3 is 0 Å². The number of para-hydroxylation sites is 1. The molecule has 6 nitrogen and oxygen atoms in total. The standard InChI is InChI=1S/C16H17FN4O2S/c17-14-6-2-1-5-13(14)9-10-18-24(22,23)12-11-21-16-8-4-3-7-15(16)19-20-21/h1-8,18H,9-12H2. The minimum Gasteiger partial charge on any atom is -0.244 e. The highest BCUT2D eigenvalue weighted by Crippen LogP contribution is 2.10. The number of nitrogens with zero attached hydrogens (tertiary/aromatic N) is 3. The molecule has 0 unspecified atom stereocenters. The Morgan fingerprint density at radius 1 is 1.08 bits per heavy atom. The van der Waals surface area contributed by atoms with Gasteiger partial charge in [0.15, 0.2) is 0 Å². The van der Waals surface area contributed by atoms with Crippen LogP contribution in [0.5, 0.6) is 0 Å². The molecule has 1 N–H and O–H groups in total. The van der Waals surface area contributed by atoms with E-state index in [2.05, 4.69) is 15.0 Å². The zero-order valence-corrected chi connectivity index (χ0v) is 13.7. The van der Waals surface area contributed by atoms with Gasteiger partial charge < -0.3 is 0 Å². The first-order chi connectivity index (χ1) is 11.6. The van der Waals surface area contributed by atoms with Crippen LogP contribution in [0.1, 0.15) is 5.56 Å². The molecule has 126 valence electrons. The summed E-state index contributed by atoms with van der Waals surface area (Å²) in [7, 11) is -3.47. The molecule has 0 aliphatic carbocycles. The van der Waals surface area contributed by atoms with Gasteiger partial charge in [-0.25, -0.2) is 22.2 Å². The molecule has 0 aliphatic heterocycles. The first kappa shape index (κ1) is 16.5. The van der Waals surface area contributed by atoms with Gasteiger partial charge in [0.05, 0.1) is 17.8 Å². The van der Waals surface area contributed by atoms with E-state index in [1.54, 1.807) is 22.9 Å². The van der Waals surface area contributed by atoms with Gasteiger partial charge in [0.2, 0.25) is 10.0 Å². The van der Waals surface area contributed by atoms with Crippen LogP contribution in [0.25, 0.3) is 11.0 Å². The number of hydrogen-bond donors (Lipinski definition) is 1. The fraction of sp³-hybridized carbons (Fsp3) is 0.250. The number of sulfonamides is 1. The number of rotatable bonds is 7.